The Morgan fingerprint density at radius 1 is 1.23 bits per heavy atom. The fourth-order valence-electron chi connectivity index (χ4n) is 3.87. The lowest BCUT2D eigenvalue weighted by Crippen LogP contribution is -2.41. The van der Waals surface area contributed by atoms with Crippen molar-refractivity contribution in [1.29, 1.82) is 0 Å². The van der Waals surface area contributed by atoms with Crippen LogP contribution in [0.2, 0.25) is 0 Å². The first-order valence-electron chi connectivity index (χ1n) is 9.82. The first kappa shape index (κ1) is 21.2. The van der Waals surface area contributed by atoms with Gasteiger partial charge in [0, 0.05) is 43.2 Å². The number of rotatable bonds is 3. The lowest BCUT2D eigenvalue weighted by molar-refractivity contribution is -0.118. The number of aromatic nitrogens is 2. The molecule has 1 aromatic carbocycles. The number of nitrogens with one attached hydrogen (secondary N) is 1. The van der Waals surface area contributed by atoms with Crippen molar-refractivity contribution in [3.8, 4) is 0 Å². The van der Waals surface area contributed by atoms with E-state index in [1.165, 1.54) is 4.90 Å². The highest BCUT2D eigenvalue weighted by atomic mass is 19.2. The number of carbonyl (C=O) groups excluding carboxylic acids is 2. The molecule has 31 heavy (non-hydrogen) atoms. The molecular formula is C20H22F3N5O3. The van der Waals surface area contributed by atoms with E-state index in [1.807, 2.05) is 0 Å². The Labute approximate surface area is 176 Å². The van der Waals surface area contributed by atoms with Crippen LogP contribution in [0.15, 0.2) is 18.3 Å². The zero-order valence-electron chi connectivity index (χ0n) is 17.0. The summed E-state index contributed by atoms with van der Waals surface area (Å²) in [6, 6.07) is 0.788. The highest BCUT2D eigenvalue weighted by Gasteiger charge is 2.40. The SMILES string of the molecule is CC(C)(O)C1CC(=O)N(c2cnn3c2CN(C(=O)Nc2cc(F)c(F)c(F)c2)CC3)C1. The fraction of sp³-hybridized carbons (Fsp3) is 0.450. The number of nitrogens with zero attached hydrogens (tertiary/aromatic N) is 4. The van der Waals surface area contributed by atoms with Crippen LogP contribution in [0.1, 0.15) is 26.0 Å². The van der Waals surface area contributed by atoms with E-state index in [9.17, 15) is 27.9 Å². The lowest BCUT2D eigenvalue weighted by Gasteiger charge is -2.30. The normalized spacial score (nSPS) is 19.0. The van der Waals surface area contributed by atoms with E-state index >= 15 is 0 Å². The van der Waals surface area contributed by atoms with Crippen molar-refractivity contribution in [2.24, 2.45) is 5.92 Å². The number of fused-ring (bicyclic) bond motifs is 1. The zero-order valence-corrected chi connectivity index (χ0v) is 17.0. The second kappa shape index (κ2) is 7.56. The minimum absolute atomic E-state index is 0.115. The molecule has 4 rings (SSSR count). The van der Waals surface area contributed by atoms with Gasteiger partial charge in [-0.1, -0.05) is 0 Å². The summed E-state index contributed by atoms with van der Waals surface area (Å²) >= 11 is 0. The number of aliphatic hydroxyl groups is 1. The lowest BCUT2D eigenvalue weighted by atomic mass is 9.90. The Morgan fingerprint density at radius 3 is 2.52 bits per heavy atom. The molecule has 166 valence electrons. The predicted molar refractivity (Wildman–Crippen MR) is 105 cm³/mol. The van der Waals surface area contributed by atoms with Gasteiger partial charge in [0.2, 0.25) is 5.91 Å². The van der Waals surface area contributed by atoms with E-state index in [1.54, 1.807) is 29.6 Å². The number of urea groups is 1. The van der Waals surface area contributed by atoms with E-state index in [4.69, 9.17) is 0 Å². The molecule has 2 N–H and O–H groups in total. The smallest absolute Gasteiger partial charge is 0.322 e. The molecule has 1 fully saturated rings. The summed E-state index contributed by atoms with van der Waals surface area (Å²) < 4.78 is 41.7. The van der Waals surface area contributed by atoms with Crippen molar-refractivity contribution in [3.63, 3.8) is 0 Å². The fourth-order valence-corrected chi connectivity index (χ4v) is 3.87. The molecule has 3 amide bonds. The second-order valence-electron chi connectivity index (χ2n) is 8.36. The summed E-state index contributed by atoms with van der Waals surface area (Å²) in [5.41, 5.74) is -0.0114. The summed E-state index contributed by atoms with van der Waals surface area (Å²) in [5, 5.41) is 16.9. The van der Waals surface area contributed by atoms with Gasteiger partial charge >= 0.3 is 6.03 Å². The Morgan fingerprint density at radius 2 is 1.90 bits per heavy atom. The number of benzene rings is 1. The molecular weight excluding hydrogens is 415 g/mol. The number of hydrogen-bond donors (Lipinski definition) is 2. The largest absolute Gasteiger partial charge is 0.390 e. The van der Waals surface area contributed by atoms with Crippen molar-refractivity contribution < 1.29 is 27.9 Å². The Kier molecular flexibility index (Phi) is 5.16. The molecule has 2 aromatic rings. The van der Waals surface area contributed by atoms with Gasteiger partial charge < -0.3 is 20.2 Å². The van der Waals surface area contributed by atoms with Crippen LogP contribution in [0.25, 0.3) is 0 Å². The number of carbonyl (C=O) groups is 2. The van der Waals surface area contributed by atoms with Gasteiger partial charge in [-0.25, -0.2) is 18.0 Å². The van der Waals surface area contributed by atoms with Gasteiger partial charge in [0.1, 0.15) is 0 Å². The summed E-state index contributed by atoms with van der Waals surface area (Å²) in [5.74, 6) is -4.78. The zero-order chi connectivity index (χ0) is 22.5. The summed E-state index contributed by atoms with van der Waals surface area (Å²) in [6.07, 6.45) is 1.77. The van der Waals surface area contributed by atoms with Crippen LogP contribution < -0.4 is 10.2 Å². The molecule has 0 radical (unpaired) electrons. The van der Waals surface area contributed by atoms with Gasteiger partial charge in [-0.15, -0.1) is 0 Å². The van der Waals surface area contributed by atoms with Gasteiger partial charge in [0.05, 0.1) is 36.3 Å². The maximum absolute atomic E-state index is 13.4. The number of anilines is 2. The molecule has 2 aliphatic rings. The van der Waals surface area contributed by atoms with Gasteiger partial charge in [0.25, 0.3) is 0 Å². The minimum atomic E-state index is -1.61. The predicted octanol–water partition coefficient (Wildman–Crippen LogP) is 2.47. The molecule has 1 saturated heterocycles. The second-order valence-corrected chi connectivity index (χ2v) is 8.36. The molecule has 0 saturated carbocycles. The van der Waals surface area contributed by atoms with Gasteiger partial charge in [-0.2, -0.15) is 5.10 Å². The molecule has 0 spiro atoms. The van der Waals surface area contributed by atoms with Crippen LogP contribution in [-0.4, -0.2) is 50.4 Å². The number of halogens is 3. The van der Waals surface area contributed by atoms with Crippen molar-refractivity contribution in [3.05, 3.63) is 41.5 Å². The highest BCUT2D eigenvalue weighted by molar-refractivity contribution is 5.96. The molecule has 3 heterocycles. The summed E-state index contributed by atoms with van der Waals surface area (Å²) in [7, 11) is 0. The average Bonchev–Trinajstić information content (AvgIpc) is 3.28. The quantitative estimate of drug-likeness (QED) is 0.722. The monoisotopic (exact) mass is 437 g/mol. The van der Waals surface area contributed by atoms with Crippen molar-refractivity contribution in [1.82, 2.24) is 14.7 Å². The summed E-state index contributed by atoms with van der Waals surface area (Å²) in [4.78, 5) is 28.1. The van der Waals surface area contributed by atoms with Gasteiger partial charge in [-0.3, -0.25) is 9.48 Å². The van der Waals surface area contributed by atoms with Crippen LogP contribution in [0.4, 0.5) is 29.3 Å². The van der Waals surface area contributed by atoms with Crippen molar-refractivity contribution in [2.75, 3.05) is 23.3 Å². The van der Waals surface area contributed by atoms with Gasteiger partial charge in [-0.05, 0) is 13.8 Å². The molecule has 0 aliphatic carbocycles. The summed E-state index contributed by atoms with van der Waals surface area (Å²) in [6.45, 7) is 4.42. The van der Waals surface area contributed by atoms with Gasteiger partial charge in [0.15, 0.2) is 17.5 Å². The van der Waals surface area contributed by atoms with E-state index in [0.29, 0.717) is 36.6 Å². The third-order valence-electron chi connectivity index (χ3n) is 5.79. The Hall–Kier alpha value is -3.08. The third kappa shape index (κ3) is 3.97. The Balaban J connectivity index is 1.51. The number of hydrogen-bond acceptors (Lipinski definition) is 4. The molecule has 11 heteroatoms. The Bertz CT molecular complexity index is 1030. The maximum atomic E-state index is 13.4. The molecule has 1 atom stereocenters. The molecule has 8 nitrogen and oxygen atoms in total. The highest BCUT2D eigenvalue weighted by Crippen LogP contribution is 2.34. The van der Waals surface area contributed by atoms with E-state index < -0.39 is 29.1 Å². The average molecular weight is 437 g/mol. The number of amides is 3. The van der Waals surface area contributed by atoms with Crippen LogP contribution in [-0.2, 0) is 17.9 Å². The van der Waals surface area contributed by atoms with Crippen molar-refractivity contribution >= 4 is 23.3 Å². The van der Waals surface area contributed by atoms with E-state index in [2.05, 4.69) is 10.4 Å². The molecule has 2 aliphatic heterocycles. The van der Waals surface area contributed by atoms with Crippen LogP contribution >= 0.6 is 0 Å². The van der Waals surface area contributed by atoms with Crippen LogP contribution in [0.3, 0.4) is 0 Å². The minimum Gasteiger partial charge on any atom is -0.390 e. The van der Waals surface area contributed by atoms with E-state index in [0.717, 1.165) is 0 Å². The standard InChI is InChI=1S/C20H22F3N5O3/c1-20(2,31)11-5-17(29)27(9-11)15-8-24-28-4-3-26(10-16(15)28)19(30)25-12-6-13(21)18(23)14(22)7-12/h6-8,11,31H,3-5,9-10H2,1-2H3,(H,25,30). The van der Waals surface area contributed by atoms with Crippen LogP contribution in [0.5, 0.6) is 0 Å². The van der Waals surface area contributed by atoms with Crippen LogP contribution in [0, 0.1) is 23.4 Å². The first-order chi connectivity index (χ1) is 14.5. The topological polar surface area (TPSA) is 90.7 Å². The van der Waals surface area contributed by atoms with Crippen molar-refractivity contribution in [2.45, 2.75) is 39.0 Å². The maximum Gasteiger partial charge on any atom is 0.322 e. The van der Waals surface area contributed by atoms with E-state index in [-0.39, 0.29) is 37.0 Å². The molecule has 0 bridgehead atoms. The molecule has 1 unspecified atom stereocenters. The third-order valence-corrected chi connectivity index (χ3v) is 5.79. The molecule has 1 aromatic heterocycles. The first-order valence-corrected chi connectivity index (χ1v) is 9.82.